The Morgan fingerprint density at radius 2 is 1.77 bits per heavy atom. The maximum Gasteiger partial charge on any atom is 0.221 e. The maximum atomic E-state index is 12.9. The predicted octanol–water partition coefficient (Wildman–Crippen LogP) is 5.68. The lowest BCUT2D eigenvalue weighted by Crippen LogP contribution is -2.14. The average Bonchev–Trinajstić information content (AvgIpc) is 3.19. The van der Waals surface area contributed by atoms with Gasteiger partial charge in [-0.1, -0.05) is 42.1 Å². The molecule has 1 amide bonds. The van der Waals surface area contributed by atoms with Crippen molar-refractivity contribution < 1.29 is 9.59 Å². The smallest absolute Gasteiger partial charge is 0.221 e. The molecule has 2 aromatic carbocycles. The summed E-state index contributed by atoms with van der Waals surface area (Å²) in [5, 5.41) is 4.16. The number of ketones is 1. The van der Waals surface area contributed by atoms with E-state index in [1.807, 2.05) is 25.1 Å². The average molecular weight is 434 g/mol. The third kappa shape index (κ3) is 4.42. The van der Waals surface area contributed by atoms with Crippen LogP contribution in [0.25, 0.3) is 20.7 Å². The fraction of sp³-hybridized carbons (Fsp3) is 0.130. The van der Waals surface area contributed by atoms with Crippen molar-refractivity contribution in [1.29, 1.82) is 0 Å². The Morgan fingerprint density at radius 3 is 2.47 bits per heavy atom. The first-order valence-electron chi connectivity index (χ1n) is 9.40. The van der Waals surface area contributed by atoms with Crippen molar-refractivity contribution >= 4 is 50.7 Å². The van der Waals surface area contributed by atoms with E-state index in [0.29, 0.717) is 11.3 Å². The van der Waals surface area contributed by atoms with E-state index in [1.54, 1.807) is 41.9 Å². The number of hydrogen-bond donors (Lipinski definition) is 1. The van der Waals surface area contributed by atoms with E-state index in [9.17, 15) is 9.59 Å². The predicted molar refractivity (Wildman–Crippen MR) is 123 cm³/mol. The molecule has 0 fully saturated rings. The summed E-state index contributed by atoms with van der Waals surface area (Å²) in [4.78, 5) is 34.9. The molecule has 4 aromatic rings. The van der Waals surface area contributed by atoms with Crippen LogP contribution in [0.15, 0.2) is 72.0 Å². The molecule has 150 valence electrons. The van der Waals surface area contributed by atoms with Crippen molar-refractivity contribution in [2.24, 2.45) is 0 Å². The SMILES string of the molecule is CC(=O)Nc1ccc(C(=O)C(C)Sc2ncnc3sc(-c4ccccc4)cc23)cc1. The second kappa shape index (κ2) is 8.77. The zero-order chi connectivity index (χ0) is 21.1. The van der Waals surface area contributed by atoms with Gasteiger partial charge in [0.15, 0.2) is 5.78 Å². The van der Waals surface area contributed by atoms with E-state index in [4.69, 9.17) is 0 Å². The molecule has 0 saturated carbocycles. The lowest BCUT2D eigenvalue weighted by Gasteiger charge is -2.11. The molecule has 7 heteroatoms. The fourth-order valence-corrected chi connectivity index (χ4v) is 5.09. The minimum atomic E-state index is -0.310. The van der Waals surface area contributed by atoms with Crippen LogP contribution in [0.3, 0.4) is 0 Å². The first-order valence-corrected chi connectivity index (χ1v) is 11.1. The third-order valence-electron chi connectivity index (χ3n) is 4.50. The van der Waals surface area contributed by atoms with Crippen LogP contribution in [0.4, 0.5) is 5.69 Å². The highest BCUT2D eigenvalue weighted by atomic mass is 32.2. The van der Waals surface area contributed by atoms with Crippen molar-refractivity contribution in [1.82, 2.24) is 9.97 Å². The van der Waals surface area contributed by atoms with Crippen molar-refractivity contribution in [2.45, 2.75) is 24.1 Å². The molecule has 2 aromatic heterocycles. The topological polar surface area (TPSA) is 72.0 Å². The van der Waals surface area contributed by atoms with Gasteiger partial charge in [-0.15, -0.1) is 11.3 Å². The molecule has 1 N–H and O–H groups in total. The quantitative estimate of drug-likeness (QED) is 0.241. The molecular weight excluding hydrogens is 414 g/mol. The highest BCUT2D eigenvalue weighted by Gasteiger charge is 2.20. The van der Waals surface area contributed by atoms with E-state index in [-0.39, 0.29) is 16.9 Å². The van der Waals surface area contributed by atoms with Gasteiger partial charge in [0.25, 0.3) is 0 Å². The summed E-state index contributed by atoms with van der Waals surface area (Å²) in [7, 11) is 0. The maximum absolute atomic E-state index is 12.9. The van der Waals surface area contributed by atoms with Gasteiger partial charge in [-0.05, 0) is 42.8 Å². The van der Waals surface area contributed by atoms with Crippen LogP contribution in [0.5, 0.6) is 0 Å². The molecule has 4 rings (SSSR count). The van der Waals surface area contributed by atoms with Gasteiger partial charge in [0.1, 0.15) is 16.2 Å². The molecule has 1 atom stereocenters. The summed E-state index contributed by atoms with van der Waals surface area (Å²) in [6, 6.07) is 19.2. The number of anilines is 1. The van der Waals surface area contributed by atoms with Crippen LogP contribution in [0, 0.1) is 0 Å². The molecular formula is C23H19N3O2S2. The summed E-state index contributed by atoms with van der Waals surface area (Å²) in [5.41, 5.74) is 2.41. The standard InChI is InChI=1S/C23H19N3O2S2/c1-14(21(28)17-8-10-18(11-9-17)26-15(2)27)29-22-19-12-20(16-6-4-3-5-7-16)30-23(19)25-13-24-22/h3-14H,1-2H3,(H,26,27). The van der Waals surface area contributed by atoms with Crippen molar-refractivity contribution in [3.63, 3.8) is 0 Å². The number of carbonyl (C=O) groups excluding carboxylic acids is 2. The van der Waals surface area contributed by atoms with Crippen LogP contribution in [-0.4, -0.2) is 26.9 Å². The van der Waals surface area contributed by atoms with Gasteiger partial charge in [0.2, 0.25) is 5.91 Å². The van der Waals surface area contributed by atoms with Crippen LogP contribution < -0.4 is 5.32 Å². The number of thiophene rings is 1. The van der Waals surface area contributed by atoms with Gasteiger partial charge in [0.05, 0.1) is 5.25 Å². The lowest BCUT2D eigenvalue weighted by atomic mass is 10.1. The highest BCUT2D eigenvalue weighted by molar-refractivity contribution is 8.00. The summed E-state index contributed by atoms with van der Waals surface area (Å²) in [6.45, 7) is 3.33. The molecule has 30 heavy (non-hydrogen) atoms. The Hall–Kier alpha value is -3.03. The van der Waals surface area contributed by atoms with E-state index >= 15 is 0 Å². The molecule has 2 heterocycles. The van der Waals surface area contributed by atoms with E-state index in [2.05, 4.69) is 33.5 Å². The minimum absolute atomic E-state index is 0.0136. The molecule has 0 spiro atoms. The summed E-state index contributed by atoms with van der Waals surface area (Å²) in [5.74, 6) is -0.129. The van der Waals surface area contributed by atoms with Crippen molar-refractivity contribution in [3.8, 4) is 10.4 Å². The summed E-state index contributed by atoms with van der Waals surface area (Å²) >= 11 is 3.05. The molecule has 1 unspecified atom stereocenters. The van der Waals surface area contributed by atoms with Gasteiger partial charge in [0, 0.05) is 28.4 Å². The number of fused-ring (bicyclic) bond motifs is 1. The number of benzene rings is 2. The molecule has 0 aliphatic rings. The Balaban J connectivity index is 1.55. The number of hydrogen-bond acceptors (Lipinski definition) is 6. The van der Waals surface area contributed by atoms with Gasteiger partial charge in [-0.3, -0.25) is 9.59 Å². The third-order valence-corrected chi connectivity index (χ3v) is 6.71. The number of rotatable bonds is 6. The normalized spacial score (nSPS) is 11.9. The van der Waals surface area contributed by atoms with Crippen LogP contribution in [0.1, 0.15) is 24.2 Å². The number of aromatic nitrogens is 2. The highest BCUT2D eigenvalue weighted by Crippen LogP contribution is 2.37. The first kappa shape index (κ1) is 20.3. The van der Waals surface area contributed by atoms with Crippen molar-refractivity contribution in [3.05, 3.63) is 72.6 Å². The van der Waals surface area contributed by atoms with E-state index in [1.165, 1.54) is 18.7 Å². The zero-order valence-electron chi connectivity index (χ0n) is 16.5. The Bertz CT molecular complexity index is 1200. The molecule has 0 saturated heterocycles. The van der Waals surface area contributed by atoms with Crippen LogP contribution in [0.2, 0.25) is 0 Å². The molecule has 0 radical (unpaired) electrons. The number of amides is 1. The van der Waals surface area contributed by atoms with Gasteiger partial charge < -0.3 is 5.32 Å². The number of thioether (sulfide) groups is 1. The largest absolute Gasteiger partial charge is 0.326 e. The monoisotopic (exact) mass is 433 g/mol. The molecule has 0 aliphatic carbocycles. The van der Waals surface area contributed by atoms with Gasteiger partial charge >= 0.3 is 0 Å². The van der Waals surface area contributed by atoms with Gasteiger partial charge in [-0.25, -0.2) is 9.97 Å². The Labute approximate surface area is 182 Å². The second-order valence-corrected chi connectivity index (χ2v) is 9.12. The van der Waals surface area contributed by atoms with Gasteiger partial charge in [-0.2, -0.15) is 0 Å². The Kier molecular flexibility index (Phi) is 5.92. The zero-order valence-corrected chi connectivity index (χ0v) is 18.1. The molecule has 0 bridgehead atoms. The first-order chi connectivity index (χ1) is 14.5. The second-order valence-electron chi connectivity index (χ2n) is 6.76. The molecule has 0 aliphatic heterocycles. The minimum Gasteiger partial charge on any atom is -0.326 e. The number of Topliss-reactive ketones (excluding diaryl/α,β-unsaturated/α-hetero) is 1. The van der Waals surface area contributed by atoms with E-state index < -0.39 is 0 Å². The molecule has 5 nitrogen and oxygen atoms in total. The summed E-state index contributed by atoms with van der Waals surface area (Å²) < 4.78 is 0. The summed E-state index contributed by atoms with van der Waals surface area (Å²) in [6.07, 6.45) is 1.55. The lowest BCUT2D eigenvalue weighted by molar-refractivity contribution is -0.114. The Morgan fingerprint density at radius 1 is 1.03 bits per heavy atom. The van der Waals surface area contributed by atoms with Crippen molar-refractivity contribution in [2.75, 3.05) is 5.32 Å². The number of carbonyl (C=O) groups is 2. The van der Waals surface area contributed by atoms with E-state index in [0.717, 1.165) is 25.7 Å². The van der Waals surface area contributed by atoms with Crippen LogP contribution in [-0.2, 0) is 4.79 Å². The van der Waals surface area contributed by atoms with Crippen LogP contribution >= 0.6 is 23.1 Å². The number of nitrogens with zero attached hydrogens (tertiary/aromatic N) is 2. The fourth-order valence-electron chi connectivity index (χ4n) is 3.05. The number of nitrogens with one attached hydrogen (secondary N) is 1.